The summed E-state index contributed by atoms with van der Waals surface area (Å²) in [6, 6.07) is 0.599. The molecule has 7 heteroatoms. The number of fused-ring (bicyclic) bond motifs is 2. The third-order valence-electron chi connectivity index (χ3n) is 4.27. The molecule has 2 atom stereocenters. The van der Waals surface area contributed by atoms with Gasteiger partial charge in [-0.25, -0.2) is 0 Å². The minimum atomic E-state index is -0.0823. The highest BCUT2D eigenvalue weighted by atomic mass is 35.5. The number of hydrogen-bond acceptors (Lipinski definition) is 5. The first-order chi connectivity index (χ1) is 8.74. The van der Waals surface area contributed by atoms with E-state index in [2.05, 4.69) is 14.1 Å². The second-order valence-corrected chi connectivity index (χ2v) is 6.03. The molecule has 1 heterocycles. The van der Waals surface area contributed by atoms with Gasteiger partial charge in [0.25, 0.3) is 5.91 Å². The molecule has 0 aromatic carbocycles. The predicted octanol–water partition coefficient (Wildman–Crippen LogP) is 1.60. The summed E-state index contributed by atoms with van der Waals surface area (Å²) in [6.45, 7) is 0. The molecule has 1 aromatic rings. The third kappa shape index (κ3) is 3.07. The normalized spacial score (nSPS) is 33.3. The maximum atomic E-state index is 12.0. The molecule has 1 amide bonds. The Labute approximate surface area is 123 Å². The lowest BCUT2D eigenvalue weighted by Crippen LogP contribution is -2.53. The van der Waals surface area contributed by atoms with E-state index in [1.807, 2.05) is 0 Å². The van der Waals surface area contributed by atoms with Gasteiger partial charge in [0, 0.05) is 12.1 Å². The van der Waals surface area contributed by atoms with Crippen LogP contribution < -0.4 is 11.1 Å². The maximum Gasteiger partial charge on any atom is 0.272 e. The summed E-state index contributed by atoms with van der Waals surface area (Å²) < 4.78 is 7.85. The van der Waals surface area contributed by atoms with Gasteiger partial charge in [-0.3, -0.25) is 4.79 Å². The zero-order valence-electron chi connectivity index (χ0n) is 10.6. The molecule has 2 bridgehead atoms. The molecule has 19 heavy (non-hydrogen) atoms. The van der Waals surface area contributed by atoms with Crippen LogP contribution in [-0.2, 0) is 0 Å². The molecule has 2 aliphatic carbocycles. The maximum absolute atomic E-state index is 12.0. The van der Waals surface area contributed by atoms with Gasteiger partial charge in [-0.15, -0.1) is 12.4 Å². The summed E-state index contributed by atoms with van der Waals surface area (Å²) in [5.41, 5.74) is 6.52. The van der Waals surface area contributed by atoms with E-state index < -0.39 is 0 Å². The molecule has 3 N–H and O–H groups in total. The van der Waals surface area contributed by atoms with Crippen LogP contribution in [0.3, 0.4) is 0 Å². The average molecular weight is 303 g/mol. The second-order valence-electron chi connectivity index (χ2n) is 5.47. The van der Waals surface area contributed by atoms with Crippen molar-refractivity contribution in [1.29, 1.82) is 0 Å². The highest BCUT2D eigenvalue weighted by molar-refractivity contribution is 6.99. The summed E-state index contributed by atoms with van der Waals surface area (Å²) in [4.78, 5) is 12.0. The molecule has 2 aliphatic rings. The Morgan fingerprint density at radius 3 is 2.63 bits per heavy atom. The van der Waals surface area contributed by atoms with Crippen LogP contribution in [0, 0.1) is 11.8 Å². The highest BCUT2D eigenvalue weighted by Gasteiger charge is 2.40. The van der Waals surface area contributed by atoms with Gasteiger partial charge in [0.15, 0.2) is 5.69 Å². The number of amides is 1. The first kappa shape index (κ1) is 14.7. The standard InChI is InChI=1S/C12H18N4OS.ClH/c13-9-4-7-2-1-3-8(5-9)11(7)15-12(17)10-6-14-18-16-10;/h6-9,11H,1-5,13H2,(H,15,17);1H. The molecule has 2 fully saturated rings. The Hall–Kier alpha value is -0.720. The van der Waals surface area contributed by atoms with E-state index in [4.69, 9.17) is 5.73 Å². The lowest BCUT2D eigenvalue weighted by molar-refractivity contribution is 0.0752. The topological polar surface area (TPSA) is 80.9 Å². The van der Waals surface area contributed by atoms with E-state index in [1.54, 1.807) is 0 Å². The van der Waals surface area contributed by atoms with Gasteiger partial charge in [-0.1, -0.05) is 6.42 Å². The Kier molecular flexibility index (Phi) is 4.76. The van der Waals surface area contributed by atoms with Crippen LogP contribution in [0.4, 0.5) is 0 Å². The number of hydrogen-bond donors (Lipinski definition) is 2. The lowest BCUT2D eigenvalue weighted by atomic mass is 9.67. The van der Waals surface area contributed by atoms with E-state index in [9.17, 15) is 4.79 Å². The summed E-state index contributed by atoms with van der Waals surface area (Å²) in [7, 11) is 0. The van der Waals surface area contributed by atoms with Crippen LogP contribution >= 0.6 is 24.1 Å². The second kappa shape index (κ2) is 6.15. The highest BCUT2D eigenvalue weighted by Crippen LogP contribution is 2.39. The van der Waals surface area contributed by atoms with Crippen LogP contribution in [0.1, 0.15) is 42.6 Å². The number of halogens is 1. The Morgan fingerprint density at radius 1 is 1.37 bits per heavy atom. The van der Waals surface area contributed by atoms with Gasteiger partial charge in [0.05, 0.1) is 17.9 Å². The van der Waals surface area contributed by atoms with E-state index in [1.165, 1.54) is 25.5 Å². The number of carbonyl (C=O) groups excluding carboxylic acids is 1. The number of nitrogens with two attached hydrogens (primary N) is 1. The number of aromatic nitrogens is 2. The van der Waals surface area contributed by atoms with Crippen molar-refractivity contribution in [1.82, 2.24) is 14.1 Å². The van der Waals surface area contributed by atoms with Crippen molar-refractivity contribution in [3.05, 3.63) is 11.9 Å². The molecule has 0 saturated heterocycles. The number of carbonyl (C=O) groups is 1. The fourth-order valence-electron chi connectivity index (χ4n) is 3.51. The third-order valence-corrected chi connectivity index (χ3v) is 4.75. The van der Waals surface area contributed by atoms with E-state index >= 15 is 0 Å². The molecule has 0 spiro atoms. The van der Waals surface area contributed by atoms with Gasteiger partial charge in [0.1, 0.15) is 0 Å². The molecule has 0 aliphatic heterocycles. The fourth-order valence-corrected chi connectivity index (χ4v) is 3.93. The minimum Gasteiger partial charge on any atom is -0.347 e. The van der Waals surface area contributed by atoms with Crippen molar-refractivity contribution in [3.63, 3.8) is 0 Å². The summed E-state index contributed by atoms with van der Waals surface area (Å²) in [5, 5.41) is 3.15. The fraction of sp³-hybridized carbons (Fsp3) is 0.750. The molecule has 5 nitrogen and oxygen atoms in total. The SMILES string of the molecule is Cl.NC1CC2CCCC(C1)C2NC(=O)c1cnsn1. The van der Waals surface area contributed by atoms with Crippen molar-refractivity contribution in [2.75, 3.05) is 0 Å². The number of nitrogens with one attached hydrogen (secondary N) is 1. The largest absolute Gasteiger partial charge is 0.347 e. The zero-order chi connectivity index (χ0) is 12.5. The van der Waals surface area contributed by atoms with Gasteiger partial charge < -0.3 is 11.1 Å². The molecular weight excluding hydrogens is 284 g/mol. The Balaban J connectivity index is 0.00000133. The van der Waals surface area contributed by atoms with Gasteiger partial charge in [-0.2, -0.15) is 8.75 Å². The quantitative estimate of drug-likeness (QED) is 0.869. The van der Waals surface area contributed by atoms with Gasteiger partial charge >= 0.3 is 0 Å². The Morgan fingerprint density at radius 2 is 2.05 bits per heavy atom. The smallest absolute Gasteiger partial charge is 0.272 e. The van der Waals surface area contributed by atoms with Crippen LogP contribution in [-0.4, -0.2) is 26.7 Å². The Bertz CT molecular complexity index is 413. The number of nitrogens with zero attached hydrogens (tertiary/aromatic N) is 2. The van der Waals surface area contributed by atoms with Crippen molar-refractivity contribution in [2.45, 2.75) is 44.2 Å². The minimum absolute atomic E-state index is 0. The monoisotopic (exact) mass is 302 g/mol. The van der Waals surface area contributed by atoms with Crippen molar-refractivity contribution in [3.8, 4) is 0 Å². The van der Waals surface area contributed by atoms with Gasteiger partial charge in [0.2, 0.25) is 0 Å². The molecule has 106 valence electrons. The predicted molar refractivity (Wildman–Crippen MR) is 76.5 cm³/mol. The van der Waals surface area contributed by atoms with Crippen LogP contribution in [0.2, 0.25) is 0 Å². The zero-order valence-corrected chi connectivity index (χ0v) is 12.3. The molecule has 1 aromatic heterocycles. The first-order valence-corrected chi connectivity index (χ1v) is 7.31. The number of rotatable bonds is 2. The molecule has 3 rings (SSSR count). The van der Waals surface area contributed by atoms with Crippen molar-refractivity contribution < 1.29 is 4.79 Å². The van der Waals surface area contributed by atoms with E-state index in [0.717, 1.165) is 24.6 Å². The van der Waals surface area contributed by atoms with E-state index in [0.29, 0.717) is 23.6 Å². The summed E-state index contributed by atoms with van der Waals surface area (Å²) in [5.74, 6) is 1.01. The van der Waals surface area contributed by atoms with E-state index in [-0.39, 0.29) is 24.4 Å². The summed E-state index contributed by atoms with van der Waals surface area (Å²) in [6.07, 6.45) is 7.25. The summed E-state index contributed by atoms with van der Waals surface area (Å²) >= 11 is 1.07. The molecule has 0 radical (unpaired) electrons. The van der Waals surface area contributed by atoms with Crippen LogP contribution in [0.15, 0.2) is 6.20 Å². The first-order valence-electron chi connectivity index (χ1n) is 6.58. The molecule has 2 unspecified atom stereocenters. The lowest BCUT2D eigenvalue weighted by Gasteiger charge is -2.45. The van der Waals surface area contributed by atoms with Crippen LogP contribution in [0.25, 0.3) is 0 Å². The van der Waals surface area contributed by atoms with Crippen molar-refractivity contribution in [2.24, 2.45) is 17.6 Å². The molecular formula is C12H19ClN4OS. The average Bonchev–Trinajstić information content (AvgIpc) is 2.83. The van der Waals surface area contributed by atoms with Crippen LogP contribution in [0.5, 0.6) is 0 Å². The van der Waals surface area contributed by atoms with Gasteiger partial charge in [-0.05, 0) is 37.5 Å². The molecule has 2 saturated carbocycles. The van der Waals surface area contributed by atoms with Crippen molar-refractivity contribution >= 4 is 30.0 Å².